The van der Waals surface area contributed by atoms with Gasteiger partial charge in [-0.3, -0.25) is 0 Å². The molecule has 0 aromatic heterocycles. The third kappa shape index (κ3) is 3.09. The molecule has 26 heavy (non-hydrogen) atoms. The van der Waals surface area contributed by atoms with Crippen molar-refractivity contribution in [3.8, 4) is 11.5 Å². The molecule has 1 aliphatic carbocycles. The van der Waals surface area contributed by atoms with Gasteiger partial charge in [-0.05, 0) is 37.5 Å². The standard InChI is InChI=1S/C21H24N2O3/c1-15(16-8-4-3-5-9-16)23(2)20(24)22-17-10-11-18-19(14-17)26-21(25-18)12-6-7-13-21/h3-5,8-11,14-15H,6-7,12-13H2,1-2H3,(H,22,24)/t15-/m1/s1. The maximum Gasteiger partial charge on any atom is 0.322 e. The number of hydrogen-bond donors (Lipinski definition) is 1. The Hall–Kier alpha value is -2.69. The largest absolute Gasteiger partial charge is 0.448 e. The van der Waals surface area contributed by atoms with Crippen molar-refractivity contribution in [2.45, 2.75) is 44.4 Å². The fraction of sp³-hybridized carbons (Fsp3) is 0.381. The van der Waals surface area contributed by atoms with E-state index in [1.54, 1.807) is 11.9 Å². The first kappa shape index (κ1) is 16.8. The molecule has 1 heterocycles. The number of ether oxygens (including phenoxy) is 2. The van der Waals surface area contributed by atoms with Gasteiger partial charge in [0.2, 0.25) is 0 Å². The second-order valence-corrected chi connectivity index (χ2v) is 7.11. The van der Waals surface area contributed by atoms with Crippen LogP contribution in [0.1, 0.15) is 44.2 Å². The molecule has 136 valence electrons. The molecule has 0 radical (unpaired) electrons. The minimum atomic E-state index is -0.483. The summed E-state index contributed by atoms with van der Waals surface area (Å²) >= 11 is 0. The van der Waals surface area contributed by atoms with Crippen LogP contribution in [0, 0.1) is 0 Å². The van der Waals surface area contributed by atoms with Gasteiger partial charge in [-0.1, -0.05) is 30.3 Å². The molecular weight excluding hydrogens is 328 g/mol. The third-order valence-electron chi connectivity index (χ3n) is 5.34. The van der Waals surface area contributed by atoms with Crippen molar-refractivity contribution in [1.82, 2.24) is 4.90 Å². The molecule has 1 aliphatic heterocycles. The van der Waals surface area contributed by atoms with Crippen LogP contribution < -0.4 is 14.8 Å². The van der Waals surface area contributed by atoms with Gasteiger partial charge in [0.05, 0.1) is 6.04 Å². The second kappa shape index (κ2) is 6.56. The maximum atomic E-state index is 12.6. The molecular formula is C21H24N2O3. The molecule has 2 aromatic carbocycles. The van der Waals surface area contributed by atoms with E-state index >= 15 is 0 Å². The SMILES string of the molecule is C[C@H](c1ccccc1)N(C)C(=O)Nc1ccc2c(c1)OC1(CCCC1)O2. The average molecular weight is 352 g/mol. The van der Waals surface area contributed by atoms with E-state index < -0.39 is 5.79 Å². The van der Waals surface area contributed by atoms with E-state index in [1.807, 2.05) is 55.5 Å². The van der Waals surface area contributed by atoms with Crippen molar-refractivity contribution in [2.75, 3.05) is 12.4 Å². The van der Waals surface area contributed by atoms with Crippen LogP contribution in [-0.4, -0.2) is 23.8 Å². The van der Waals surface area contributed by atoms with Crippen molar-refractivity contribution < 1.29 is 14.3 Å². The normalized spacial score (nSPS) is 17.9. The van der Waals surface area contributed by atoms with Crippen LogP contribution in [0.25, 0.3) is 0 Å². The van der Waals surface area contributed by atoms with Crippen LogP contribution in [0.15, 0.2) is 48.5 Å². The molecule has 0 bridgehead atoms. The van der Waals surface area contributed by atoms with Gasteiger partial charge in [-0.15, -0.1) is 0 Å². The van der Waals surface area contributed by atoms with Crippen LogP contribution in [0.4, 0.5) is 10.5 Å². The summed E-state index contributed by atoms with van der Waals surface area (Å²) in [5.41, 5.74) is 1.80. The van der Waals surface area contributed by atoms with Crippen molar-refractivity contribution in [1.29, 1.82) is 0 Å². The molecule has 4 rings (SSSR count). The number of rotatable bonds is 3. The van der Waals surface area contributed by atoms with Gasteiger partial charge in [-0.25, -0.2) is 4.79 Å². The van der Waals surface area contributed by atoms with Gasteiger partial charge < -0.3 is 19.7 Å². The van der Waals surface area contributed by atoms with Gasteiger partial charge in [0, 0.05) is 31.6 Å². The predicted molar refractivity (Wildman–Crippen MR) is 101 cm³/mol. The van der Waals surface area contributed by atoms with Crippen molar-refractivity contribution in [3.63, 3.8) is 0 Å². The number of nitrogens with one attached hydrogen (secondary N) is 1. The molecule has 2 aliphatic rings. The summed E-state index contributed by atoms with van der Waals surface area (Å²) < 4.78 is 12.1. The van der Waals surface area contributed by atoms with Gasteiger partial charge in [-0.2, -0.15) is 0 Å². The lowest BCUT2D eigenvalue weighted by Gasteiger charge is -2.25. The second-order valence-electron chi connectivity index (χ2n) is 7.11. The first-order valence-electron chi connectivity index (χ1n) is 9.17. The first-order chi connectivity index (χ1) is 12.6. The Kier molecular flexibility index (Phi) is 4.23. The Morgan fingerprint density at radius 1 is 1.08 bits per heavy atom. The number of hydrogen-bond acceptors (Lipinski definition) is 3. The van der Waals surface area contributed by atoms with Gasteiger partial charge in [0.25, 0.3) is 5.79 Å². The molecule has 2 amide bonds. The highest BCUT2D eigenvalue weighted by atomic mass is 16.7. The smallest absolute Gasteiger partial charge is 0.322 e. The summed E-state index contributed by atoms with van der Waals surface area (Å²) in [6.07, 6.45) is 4.08. The fourth-order valence-electron chi connectivity index (χ4n) is 3.63. The van der Waals surface area contributed by atoms with E-state index in [-0.39, 0.29) is 12.1 Å². The van der Waals surface area contributed by atoms with E-state index in [0.717, 1.165) is 37.0 Å². The molecule has 1 spiro atoms. The molecule has 0 saturated heterocycles. The highest BCUT2D eigenvalue weighted by Gasteiger charge is 2.44. The maximum absolute atomic E-state index is 12.6. The quantitative estimate of drug-likeness (QED) is 0.850. The number of urea groups is 1. The lowest BCUT2D eigenvalue weighted by Crippen LogP contribution is -2.34. The number of benzene rings is 2. The Morgan fingerprint density at radius 3 is 2.50 bits per heavy atom. The summed E-state index contributed by atoms with van der Waals surface area (Å²) in [6, 6.07) is 15.4. The van der Waals surface area contributed by atoms with Crippen LogP contribution >= 0.6 is 0 Å². The van der Waals surface area contributed by atoms with Crippen molar-refractivity contribution in [3.05, 3.63) is 54.1 Å². The molecule has 1 atom stereocenters. The highest BCUT2D eigenvalue weighted by Crippen LogP contribution is 2.47. The predicted octanol–water partition coefficient (Wildman–Crippen LogP) is 4.95. The van der Waals surface area contributed by atoms with Gasteiger partial charge >= 0.3 is 6.03 Å². The van der Waals surface area contributed by atoms with Crippen LogP contribution in [0.5, 0.6) is 11.5 Å². The highest BCUT2D eigenvalue weighted by molar-refractivity contribution is 5.89. The summed E-state index contributed by atoms with van der Waals surface area (Å²) in [5, 5.41) is 2.95. The fourth-order valence-corrected chi connectivity index (χ4v) is 3.63. The van der Waals surface area contributed by atoms with Crippen LogP contribution in [-0.2, 0) is 0 Å². The molecule has 0 unspecified atom stereocenters. The zero-order valence-corrected chi connectivity index (χ0v) is 15.2. The molecule has 1 N–H and O–H groups in total. The number of nitrogens with zero attached hydrogens (tertiary/aromatic N) is 1. The monoisotopic (exact) mass is 352 g/mol. The van der Waals surface area contributed by atoms with E-state index in [9.17, 15) is 4.79 Å². The number of fused-ring (bicyclic) bond motifs is 1. The summed E-state index contributed by atoms with van der Waals surface area (Å²) in [4.78, 5) is 14.3. The van der Waals surface area contributed by atoms with Gasteiger partial charge in [0.1, 0.15) is 0 Å². The molecule has 5 heteroatoms. The first-order valence-corrected chi connectivity index (χ1v) is 9.17. The molecule has 1 saturated carbocycles. The lowest BCUT2D eigenvalue weighted by atomic mass is 10.1. The zero-order valence-electron chi connectivity index (χ0n) is 15.2. The Morgan fingerprint density at radius 2 is 1.77 bits per heavy atom. The molecule has 2 aromatic rings. The Balaban J connectivity index is 1.44. The average Bonchev–Trinajstić information content (AvgIpc) is 3.26. The van der Waals surface area contributed by atoms with E-state index in [4.69, 9.17) is 9.47 Å². The topological polar surface area (TPSA) is 50.8 Å². The van der Waals surface area contributed by atoms with E-state index in [1.165, 1.54) is 0 Å². The lowest BCUT2D eigenvalue weighted by molar-refractivity contribution is -0.0716. The zero-order chi connectivity index (χ0) is 18.1. The van der Waals surface area contributed by atoms with E-state index in [2.05, 4.69) is 5.32 Å². The van der Waals surface area contributed by atoms with Crippen molar-refractivity contribution in [2.24, 2.45) is 0 Å². The summed E-state index contributed by atoms with van der Waals surface area (Å²) in [5.74, 6) is 0.989. The number of amides is 2. The minimum absolute atomic E-state index is 0.0213. The van der Waals surface area contributed by atoms with E-state index in [0.29, 0.717) is 11.4 Å². The summed E-state index contributed by atoms with van der Waals surface area (Å²) in [7, 11) is 1.80. The number of carbonyl (C=O) groups is 1. The summed E-state index contributed by atoms with van der Waals surface area (Å²) in [6.45, 7) is 2.01. The third-order valence-corrected chi connectivity index (χ3v) is 5.34. The molecule has 1 fully saturated rings. The number of anilines is 1. The molecule has 5 nitrogen and oxygen atoms in total. The van der Waals surface area contributed by atoms with Crippen molar-refractivity contribution >= 4 is 11.7 Å². The Labute approximate surface area is 153 Å². The Bertz CT molecular complexity index is 800. The van der Waals surface area contributed by atoms with Crippen LogP contribution in [0.3, 0.4) is 0 Å². The van der Waals surface area contributed by atoms with Gasteiger partial charge in [0.15, 0.2) is 11.5 Å². The number of carbonyl (C=O) groups excluding carboxylic acids is 1. The minimum Gasteiger partial charge on any atom is -0.448 e. The van der Waals surface area contributed by atoms with Crippen LogP contribution in [0.2, 0.25) is 0 Å².